The van der Waals surface area contributed by atoms with Gasteiger partial charge in [0.15, 0.2) is 5.78 Å². The Morgan fingerprint density at radius 3 is 3.15 bits per heavy atom. The van der Waals surface area contributed by atoms with E-state index in [2.05, 4.69) is 21.2 Å². The highest BCUT2D eigenvalue weighted by molar-refractivity contribution is 7.12. The molecular weight excluding hydrogens is 290 g/mol. The largest absolute Gasteiger partial charge is 0.343 e. The maximum atomic E-state index is 12.3. The van der Waals surface area contributed by atoms with Gasteiger partial charge in [0.2, 0.25) is 5.13 Å². The highest BCUT2D eigenvalue weighted by atomic mass is 32.1. The fourth-order valence-corrected chi connectivity index (χ4v) is 4.08. The molecule has 1 aliphatic rings. The van der Waals surface area contributed by atoms with E-state index >= 15 is 0 Å². The van der Waals surface area contributed by atoms with E-state index in [0.717, 1.165) is 41.6 Å². The van der Waals surface area contributed by atoms with Gasteiger partial charge in [-0.2, -0.15) is 4.37 Å². The molecule has 2 aromatic heterocycles. The summed E-state index contributed by atoms with van der Waals surface area (Å²) >= 11 is 2.98. The Labute approximate surface area is 126 Å². The lowest BCUT2D eigenvalue weighted by molar-refractivity contribution is 0.0978. The number of carbonyl (C=O) groups excluding carboxylic acids is 1. The first-order valence-corrected chi connectivity index (χ1v) is 8.59. The summed E-state index contributed by atoms with van der Waals surface area (Å²) in [5, 5.41) is 2.93. The van der Waals surface area contributed by atoms with Crippen LogP contribution in [0, 0.1) is 0 Å². The molecule has 20 heavy (non-hydrogen) atoms. The Morgan fingerprint density at radius 2 is 2.45 bits per heavy atom. The van der Waals surface area contributed by atoms with Crippen LogP contribution in [0.3, 0.4) is 0 Å². The van der Waals surface area contributed by atoms with E-state index in [4.69, 9.17) is 0 Å². The summed E-state index contributed by atoms with van der Waals surface area (Å²) < 4.78 is 4.35. The lowest BCUT2D eigenvalue weighted by Crippen LogP contribution is -2.31. The zero-order valence-corrected chi connectivity index (χ0v) is 13.0. The number of aromatic nitrogens is 2. The summed E-state index contributed by atoms with van der Waals surface area (Å²) in [6.07, 6.45) is 3.65. The molecule has 0 aliphatic carbocycles. The third kappa shape index (κ3) is 2.76. The lowest BCUT2D eigenvalue weighted by Gasteiger charge is -2.22. The second-order valence-electron chi connectivity index (χ2n) is 4.94. The number of thiophene rings is 1. The first kappa shape index (κ1) is 13.7. The lowest BCUT2D eigenvalue weighted by atomic mass is 10.1. The van der Waals surface area contributed by atoms with Gasteiger partial charge in [0.25, 0.3) is 0 Å². The molecule has 0 spiro atoms. The van der Waals surface area contributed by atoms with Crippen LogP contribution in [0.2, 0.25) is 0 Å². The standard InChI is InChI=1S/C14H17N3OS2/c1-2-13-15-14(20-16-13)17-7-3-5-10(17)9-11(18)12-6-4-8-19-12/h4,6,8,10H,2-3,5,7,9H2,1H3/t10-/m1/s1. The van der Waals surface area contributed by atoms with Crippen LogP contribution in [0.4, 0.5) is 5.13 Å². The van der Waals surface area contributed by atoms with Crippen molar-refractivity contribution in [2.75, 3.05) is 11.4 Å². The van der Waals surface area contributed by atoms with Gasteiger partial charge in [-0.3, -0.25) is 4.79 Å². The molecule has 3 rings (SSSR count). The molecule has 4 nitrogen and oxygen atoms in total. The van der Waals surface area contributed by atoms with Gasteiger partial charge in [0, 0.05) is 37.0 Å². The number of aryl methyl sites for hydroxylation is 1. The molecule has 0 aromatic carbocycles. The number of anilines is 1. The molecule has 1 saturated heterocycles. The maximum Gasteiger partial charge on any atom is 0.205 e. The molecule has 0 N–H and O–H groups in total. The molecule has 1 fully saturated rings. The van der Waals surface area contributed by atoms with E-state index in [1.54, 1.807) is 0 Å². The number of nitrogens with zero attached hydrogens (tertiary/aromatic N) is 3. The minimum Gasteiger partial charge on any atom is -0.343 e. The normalized spacial score (nSPS) is 18.6. The number of rotatable bonds is 5. The van der Waals surface area contributed by atoms with Crippen LogP contribution in [0.15, 0.2) is 17.5 Å². The van der Waals surface area contributed by atoms with Crippen LogP contribution in [-0.2, 0) is 6.42 Å². The second-order valence-corrected chi connectivity index (χ2v) is 6.62. The molecule has 3 heterocycles. The SMILES string of the molecule is CCc1nsc(N2CCC[C@@H]2CC(=O)c2cccs2)n1. The molecule has 0 amide bonds. The zero-order chi connectivity index (χ0) is 13.9. The van der Waals surface area contributed by atoms with Crippen LogP contribution in [0.1, 0.15) is 41.7 Å². The minimum absolute atomic E-state index is 0.247. The van der Waals surface area contributed by atoms with Gasteiger partial charge >= 0.3 is 0 Å². The van der Waals surface area contributed by atoms with Crippen molar-refractivity contribution in [3.05, 3.63) is 28.2 Å². The Bertz CT molecular complexity index is 579. The summed E-state index contributed by atoms with van der Waals surface area (Å²) in [5.74, 6) is 1.15. The Balaban J connectivity index is 1.71. The van der Waals surface area contributed by atoms with Gasteiger partial charge in [0.05, 0.1) is 4.88 Å². The Hall–Kier alpha value is -1.27. The van der Waals surface area contributed by atoms with Crippen molar-refractivity contribution < 1.29 is 4.79 Å². The van der Waals surface area contributed by atoms with Crippen molar-refractivity contribution in [3.8, 4) is 0 Å². The third-order valence-corrected chi connectivity index (χ3v) is 5.32. The van der Waals surface area contributed by atoms with Crippen molar-refractivity contribution in [2.24, 2.45) is 0 Å². The molecular formula is C14H17N3OS2. The molecule has 0 bridgehead atoms. The Morgan fingerprint density at radius 1 is 1.55 bits per heavy atom. The first-order chi connectivity index (χ1) is 9.78. The van der Waals surface area contributed by atoms with E-state index in [1.165, 1.54) is 22.9 Å². The summed E-state index contributed by atoms with van der Waals surface area (Å²) in [6, 6.07) is 4.12. The predicted molar refractivity (Wildman–Crippen MR) is 82.9 cm³/mol. The van der Waals surface area contributed by atoms with Crippen molar-refractivity contribution >= 4 is 33.8 Å². The first-order valence-electron chi connectivity index (χ1n) is 6.94. The van der Waals surface area contributed by atoms with E-state index in [9.17, 15) is 4.79 Å². The fourth-order valence-electron chi connectivity index (χ4n) is 2.56. The van der Waals surface area contributed by atoms with Gasteiger partial charge in [-0.15, -0.1) is 11.3 Å². The smallest absolute Gasteiger partial charge is 0.205 e. The highest BCUT2D eigenvalue weighted by Gasteiger charge is 2.29. The number of ketones is 1. The number of hydrogen-bond donors (Lipinski definition) is 0. The van der Waals surface area contributed by atoms with E-state index in [0.29, 0.717) is 6.42 Å². The molecule has 0 radical (unpaired) electrons. The molecule has 2 aromatic rings. The van der Waals surface area contributed by atoms with E-state index < -0.39 is 0 Å². The number of hydrogen-bond acceptors (Lipinski definition) is 6. The molecule has 1 aliphatic heterocycles. The summed E-state index contributed by atoms with van der Waals surface area (Å²) in [7, 11) is 0. The highest BCUT2D eigenvalue weighted by Crippen LogP contribution is 2.30. The van der Waals surface area contributed by atoms with Crippen LogP contribution in [-0.4, -0.2) is 27.7 Å². The van der Waals surface area contributed by atoms with Crippen molar-refractivity contribution in [2.45, 2.75) is 38.6 Å². The van der Waals surface area contributed by atoms with Gasteiger partial charge < -0.3 is 4.90 Å². The summed E-state index contributed by atoms with van der Waals surface area (Å²) in [5.41, 5.74) is 0. The summed E-state index contributed by atoms with van der Waals surface area (Å²) in [4.78, 5) is 19.9. The number of Topliss-reactive ketones (excluding diaryl/α,β-unsaturated/α-hetero) is 1. The maximum absolute atomic E-state index is 12.3. The van der Waals surface area contributed by atoms with Crippen molar-refractivity contribution in [3.63, 3.8) is 0 Å². The topological polar surface area (TPSA) is 46.1 Å². The molecule has 6 heteroatoms. The van der Waals surface area contributed by atoms with E-state index in [1.807, 2.05) is 17.5 Å². The van der Waals surface area contributed by atoms with Crippen LogP contribution >= 0.6 is 22.9 Å². The average molecular weight is 307 g/mol. The van der Waals surface area contributed by atoms with Gasteiger partial charge in [0.1, 0.15) is 5.82 Å². The molecule has 106 valence electrons. The van der Waals surface area contributed by atoms with E-state index in [-0.39, 0.29) is 11.8 Å². The monoisotopic (exact) mass is 307 g/mol. The second kappa shape index (κ2) is 6.01. The molecule has 1 atom stereocenters. The Kier molecular flexibility index (Phi) is 4.12. The predicted octanol–water partition coefficient (Wildman–Crippen LogP) is 3.40. The van der Waals surface area contributed by atoms with Crippen LogP contribution in [0.25, 0.3) is 0 Å². The quantitative estimate of drug-likeness (QED) is 0.794. The fraction of sp³-hybridized carbons (Fsp3) is 0.500. The van der Waals surface area contributed by atoms with Gasteiger partial charge in [-0.25, -0.2) is 4.98 Å². The van der Waals surface area contributed by atoms with Crippen molar-refractivity contribution in [1.82, 2.24) is 9.36 Å². The zero-order valence-electron chi connectivity index (χ0n) is 11.4. The third-order valence-electron chi connectivity index (χ3n) is 3.61. The van der Waals surface area contributed by atoms with Crippen molar-refractivity contribution in [1.29, 1.82) is 0 Å². The van der Waals surface area contributed by atoms with Crippen LogP contribution in [0.5, 0.6) is 0 Å². The number of carbonyl (C=O) groups is 1. The molecule has 0 saturated carbocycles. The van der Waals surface area contributed by atoms with Gasteiger partial charge in [-0.05, 0) is 24.3 Å². The van der Waals surface area contributed by atoms with Gasteiger partial charge in [-0.1, -0.05) is 13.0 Å². The minimum atomic E-state index is 0.247. The molecule has 0 unspecified atom stereocenters. The average Bonchev–Trinajstić information content (AvgIpc) is 3.19. The van der Waals surface area contributed by atoms with Crippen LogP contribution < -0.4 is 4.90 Å². The summed E-state index contributed by atoms with van der Waals surface area (Å²) in [6.45, 7) is 3.05.